The number of aliphatic hydroxyl groups is 1. The van der Waals surface area contributed by atoms with Crippen molar-refractivity contribution in [1.82, 2.24) is 10.2 Å². The first-order valence-corrected chi connectivity index (χ1v) is 7.16. The Bertz CT molecular complexity index is 399. The van der Waals surface area contributed by atoms with Crippen molar-refractivity contribution in [3.05, 3.63) is 35.9 Å². The predicted molar refractivity (Wildman–Crippen MR) is 81.6 cm³/mol. The highest BCUT2D eigenvalue weighted by Gasteiger charge is 2.18. The van der Waals surface area contributed by atoms with Crippen LogP contribution in [0.4, 0.5) is 0 Å². The van der Waals surface area contributed by atoms with E-state index in [2.05, 4.69) is 17.4 Å². The Balaban J connectivity index is 2.28. The third kappa shape index (κ3) is 7.26. The van der Waals surface area contributed by atoms with Crippen LogP contribution in [0.25, 0.3) is 0 Å². The maximum atomic E-state index is 11.9. The minimum absolute atomic E-state index is 0.00651. The number of rotatable bonds is 8. The fourth-order valence-electron chi connectivity index (χ4n) is 2.08. The Labute approximate surface area is 121 Å². The molecule has 0 aromatic heterocycles. The monoisotopic (exact) mass is 278 g/mol. The summed E-state index contributed by atoms with van der Waals surface area (Å²) in [6.45, 7) is 7.71. The molecule has 0 bridgehead atoms. The first kappa shape index (κ1) is 16.7. The lowest BCUT2D eigenvalue weighted by molar-refractivity contribution is -0.122. The highest BCUT2D eigenvalue weighted by atomic mass is 16.3. The first-order chi connectivity index (χ1) is 9.40. The van der Waals surface area contributed by atoms with Gasteiger partial charge in [-0.1, -0.05) is 37.3 Å². The summed E-state index contributed by atoms with van der Waals surface area (Å²) < 4.78 is 0. The van der Waals surface area contributed by atoms with Crippen molar-refractivity contribution < 1.29 is 9.90 Å². The molecule has 0 aliphatic heterocycles. The summed E-state index contributed by atoms with van der Waals surface area (Å²) in [4.78, 5) is 13.8. The Kier molecular flexibility index (Phi) is 6.68. The Hall–Kier alpha value is -1.39. The highest BCUT2D eigenvalue weighted by Crippen LogP contribution is 2.04. The quantitative estimate of drug-likeness (QED) is 0.756. The number of benzene rings is 1. The number of amides is 1. The van der Waals surface area contributed by atoms with E-state index < -0.39 is 5.60 Å². The summed E-state index contributed by atoms with van der Waals surface area (Å²) >= 11 is 0. The number of carbonyl (C=O) groups excluding carboxylic acids is 1. The largest absolute Gasteiger partial charge is 0.389 e. The molecule has 1 amide bonds. The number of hydrogen-bond acceptors (Lipinski definition) is 3. The maximum Gasteiger partial charge on any atom is 0.234 e. The molecule has 20 heavy (non-hydrogen) atoms. The van der Waals surface area contributed by atoms with Crippen molar-refractivity contribution in [3.63, 3.8) is 0 Å². The average Bonchev–Trinajstić information content (AvgIpc) is 2.37. The molecule has 1 aromatic rings. The molecule has 0 aliphatic carbocycles. The minimum atomic E-state index is -0.777. The molecule has 0 saturated carbocycles. The van der Waals surface area contributed by atoms with Crippen LogP contribution in [0.15, 0.2) is 30.3 Å². The van der Waals surface area contributed by atoms with E-state index in [4.69, 9.17) is 0 Å². The average molecular weight is 278 g/mol. The van der Waals surface area contributed by atoms with E-state index in [1.807, 2.05) is 30.0 Å². The molecule has 0 aliphatic rings. The normalized spacial score (nSPS) is 11.7. The van der Waals surface area contributed by atoms with Gasteiger partial charge < -0.3 is 10.4 Å². The van der Waals surface area contributed by atoms with Crippen LogP contribution in [-0.2, 0) is 11.2 Å². The van der Waals surface area contributed by atoms with Crippen molar-refractivity contribution in [3.8, 4) is 0 Å². The summed E-state index contributed by atoms with van der Waals surface area (Å²) in [5.74, 6) is 0.00651. The molecule has 4 heteroatoms. The van der Waals surface area contributed by atoms with Crippen molar-refractivity contribution in [2.24, 2.45) is 0 Å². The second-order valence-electron chi connectivity index (χ2n) is 5.70. The fraction of sp³-hybridized carbons (Fsp3) is 0.562. The van der Waals surface area contributed by atoms with Gasteiger partial charge in [-0.2, -0.15) is 0 Å². The maximum absolute atomic E-state index is 11.9. The van der Waals surface area contributed by atoms with Gasteiger partial charge in [0.2, 0.25) is 5.91 Å². The van der Waals surface area contributed by atoms with Crippen LogP contribution in [-0.4, -0.2) is 47.7 Å². The molecule has 1 rings (SSSR count). The van der Waals surface area contributed by atoms with Gasteiger partial charge in [-0.3, -0.25) is 9.69 Å². The van der Waals surface area contributed by atoms with Gasteiger partial charge in [0.05, 0.1) is 12.1 Å². The topological polar surface area (TPSA) is 52.6 Å². The van der Waals surface area contributed by atoms with Crippen LogP contribution < -0.4 is 5.32 Å². The lowest BCUT2D eigenvalue weighted by Gasteiger charge is -2.27. The molecule has 4 nitrogen and oxygen atoms in total. The van der Waals surface area contributed by atoms with Gasteiger partial charge in [-0.05, 0) is 32.4 Å². The van der Waals surface area contributed by atoms with Crippen molar-refractivity contribution >= 4 is 5.91 Å². The molecular weight excluding hydrogens is 252 g/mol. The second kappa shape index (κ2) is 8.02. The Morgan fingerprint density at radius 3 is 2.50 bits per heavy atom. The van der Waals surface area contributed by atoms with Crippen LogP contribution >= 0.6 is 0 Å². The minimum Gasteiger partial charge on any atom is -0.389 e. The molecule has 0 saturated heterocycles. The van der Waals surface area contributed by atoms with Crippen LogP contribution in [0.5, 0.6) is 0 Å². The summed E-state index contributed by atoms with van der Waals surface area (Å²) in [6, 6.07) is 10.1. The lowest BCUT2D eigenvalue weighted by atomic mass is 10.1. The first-order valence-electron chi connectivity index (χ1n) is 7.16. The molecule has 0 unspecified atom stereocenters. The molecule has 112 valence electrons. The number of nitrogens with one attached hydrogen (secondary N) is 1. The summed E-state index contributed by atoms with van der Waals surface area (Å²) in [7, 11) is 0. The zero-order valence-corrected chi connectivity index (χ0v) is 12.7. The number of nitrogens with zero attached hydrogens (tertiary/aromatic N) is 1. The molecule has 0 radical (unpaired) electrons. The second-order valence-corrected chi connectivity index (χ2v) is 5.70. The fourth-order valence-corrected chi connectivity index (χ4v) is 2.08. The molecule has 0 heterocycles. The molecular formula is C16H26N2O2. The molecule has 2 N–H and O–H groups in total. The van der Waals surface area contributed by atoms with Crippen molar-refractivity contribution in [1.29, 1.82) is 0 Å². The molecule has 0 spiro atoms. The third-order valence-corrected chi connectivity index (χ3v) is 3.00. The van der Waals surface area contributed by atoms with E-state index in [0.717, 1.165) is 13.0 Å². The lowest BCUT2D eigenvalue weighted by Crippen LogP contribution is -2.44. The summed E-state index contributed by atoms with van der Waals surface area (Å²) in [5.41, 5.74) is 0.442. The smallest absolute Gasteiger partial charge is 0.234 e. The van der Waals surface area contributed by atoms with Crippen LogP contribution in [0, 0.1) is 0 Å². The molecule has 0 fully saturated rings. The van der Waals surface area contributed by atoms with Gasteiger partial charge in [-0.15, -0.1) is 0 Å². The number of likely N-dealkylation sites (N-methyl/N-ethyl adjacent to an activating group) is 1. The van der Waals surface area contributed by atoms with Crippen molar-refractivity contribution in [2.45, 2.75) is 32.8 Å². The van der Waals surface area contributed by atoms with Gasteiger partial charge in [0, 0.05) is 13.1 Å². The zero-order valence-electron chi connectivity index (χ0n) is 12.7. The van der Waals surface area contributed by atoms with Gasteiger partial charge in [0.25, 0.3) is 0 Å². The molecule has 0 atom stereocenters. The van der Waals surface area contributed by atoms with Gasteiger partial charge >= 0.3 is 0 Å². The number of carbonyl (C=O) groups is 1. The van der Waals surface area contributed by atoms with E-state index in [1.165, 1.54) is 5.56 Å². The SMILES string of the molecule is CCN(CC(=O)NCCc1ccccc1)CC(C)(C)O. The predicted octanol–water partition coefficient (Wildman–Crippen LogP) is 1.44. The van der Waals surface area contributed by atoms with E-state index in [-0.39, 0.29) is 5.91 Å². The molecule has 1 aromatic carbocycles. The Morgan fingerprint density at radius 1 is 1.30 bits per heavy atom. The van der Waals surface area contributed by atoms with Crippen LogP contribution in [0.1, 0.15) is 26.3 Å². The van der Waals surface area contributed by atoms with E-state index in [9.17, 15) is 9.90 Å². The van der Waals surface area contributed by atoms with E-state index in [0.29, 0.717) is 19.6 Å². The standard InChI is InChI=1S/C16H26N2O2/c1-4-18(13-16(2,3)20)12-15(19)17-11-10-14-8-6-5-7-9-14/h5-9,20H,4,10-13H2,1-3H3,(H,17,19). The number of hydrogen-bond donors (Lipinski definition) is 2. The van der Waals surface area contributed by atoms with Gasteiger partial charge in [0.15, 0.2) is 0 Å². The summed E-state index contributed by atoms with van der Waals surface area (Å²) in [5, 5.41) is 12.7. The van der Waals surface area contributed by atoms with Crippen LogP contribution in [0.2, 0.25) is 0 Å². The Morgan fingerprint density at radius 2 is 1.95 bits per heavy atom. The van der Waals surface area contributed by atoms with Gasteiger partial charge in [0.1, 0.15) is 0 Å². The zero-order chi connectivity index (χ0) is 15.0. The van der Waals surface area contributed by atoms with E-state index in [1.54, 1.807) is 13.8 Å². The summed E-state index contributed by atoms with van der Waals surface area (Å²) in [6.07, 6.45) is 0.837. The van der Waals surface area contributed by atoms with Crippen LogP contribution in [0.3, 0.4) is 0 Å². The van der Waals surface area contributed by atoms with Crippen molar-refractivity contribution in [2.75, 3.05) is 26.2 Å². The van der Waals surface area contributed by atoms with E-state index >= 15 is 0 Å². The third-order valence-electron chi connectivity index (χ3n) is 3.00. The highest BCUT2D eigenvalue weighted by molar-refractivity contribution is 5.78. The van der Waals surface area contributed by atoms with Gasteiger partial charge in [-0.25, -0.2) is 0 Å².